The van der Waals surface area contributed by atoms with Crippen molar-refractivity contribution in [2.45, 2.75) is 45.5 Å². The van der Waals surface area contributed by atoms with Gasteiger partial charge >= 0.3 is 13.1 Å². The molecule has 6 rings (SSSR count). The third kappa shape index (κ3) is 4.97. The molecule has 1 aliphatic carbocycles. The lowest BCUT2D eigenvalue weighted by molar-refractivity contribution is 0.00578. The third-order valence-electron chi connectivity index (χ3n) is 8.18. The Hall–Kier alpha value is -4.40. The van der Waals surface area contributed by atoms with Crippen molar-refractivity contribution in [2.24, 2.45) is 0 Å². The molecule has 2 aliphatic heterocycles. The van der Waals surface area contributed by atoms with Gasteiger partial charge in [-0.05, 0) is 74.6 Å². The van der Waals surface area contributed by atoms with Gasteiger partial charge in [-0.1, -0.05) is 42.5 Å². The summed E-state index contributed by atoms with van der Waals surface area (Å²) >= 11 is 0. The largest absolute Gasteiger partial charge is 0.494 e. The topological polar surface area (TPSA) is 84.2 Å². The minimum Gasteiger partial charge on any atom is -0.489 e. The van der Waals surface area contributed by atoms with E-state index in [4.69, 9.17) is 23.2 Å². The lowest BCUT2D eigenvalue weighted by Gasteiger charge is -2.32. The number of fused-ring (bicyclic) bond motifs is 2. The molecule has 3 aromatic carbocycles. The van der Waals surface area contributed by atoms with Gasteiger partial charge in [0, 0.05) is 28.6 Å². The van der Waals surface area contributed by atoms with Gasteiger partial charge < -0.3 is 23.2 Å². The number of hydrogen-bond donors (Lipinski definition) is 0. The van der Waals surface area contributed by atoms with Gasteiger partial charge in [0.05, 0.1) is 23.9 Å². The molecule has 212 valence electrons. The summed E-state index contributed by atoms with van der Waals surface area (Å²) in [4.78, 5) is 24.8. The van der Waals surface area contributed by atoms with Crippen LogP contribution >= 0.6 is 0 Å². The number of esters is 1. The summed E-state index contributed by atoms with van der Waals surface area (Å²) in [6.45, 7) is 8.48. The summed E-state index contributed by atoms with van der Waals surface area (Å²) in [5.74, 6) is 0.573. The lowest BCUT2D eigenvalue weighted by Crippen LogP contribution is -2.41. The highest BCUT2D eigenvalue weighted by Gasteiger charge is 2.51. The molecule has 0 N–H and O–H groups in total. The first-order chi connectivity index (χ1) is 20.1. The minimum atomic E-state index is -0.447. The van der Waals surface area contributed by atoms with Gasteiger partial charge in [-0.2, -0.15) is 0 Å². The fourth-order valence-electron chi connectivity index (χ4n) is 5.14. The summed E-state index contributed by atoms with van der Waals surface area (Å²) in [6, 6.07) is 25.5. The molecule has 0 amide bonds. The minimum absolute atomic E-state index is 0.172. The van der Waals surface area contributed by atoms with Gasteiger partial charge in [0.2, 0.25) is 0 Å². The SMILES string of the molecule is COC(=O)c1ccccc1-c1c2ccc(=O)cc-2oc2cc(OCc3ccc(B4OC(C)(C)C(C)(C)O4)cc3)ccc12. The van der Waals surface area contributed by atoms with Crippen LogP contribution in [0.2, 0.25) is 0 Å². The highest BCUT2D eigenvalue weighted by Crippen LogP contribution is 2.42. The van der Waals surface area contributed by atoms with E-state index in [-0.39, 0.29) is 5.43 Å². The number of carbonyl (C=O) groups is 1. The Bertz CT molecular complexity index is 1800. The average molecular weight is 562 g/mol. The Kier molecular flexibility index (Phi) is 6.91. The molecule has 8 heteroatoms. The second-order valence-electron chi connectivity index (χ2n) is 11.4. The summed E-state index contributed by atoms with van der Waals surface area (Å²) in [6.07, 6.45) is 0. The smallest absolute Gasteiger partial charge is 0.489 e. The molecule has 0 bridgehead atoms. The summed E-state index contributed by atoms with van der Waals surface area (Å²) in [5.41, 5.74) is 4.08. The first-order valence-electron chi connectivity index (χ1n) is 13.8. The number of rotatable bonds is 6. The quantitative estimate of drug-likeness (QED) is 0.138. The zero-order valence-electron chi connectivity index (χ0n) is 24.2. The second kappa shape index (κ2) is 10.5. The molecular weight excluding hydrogens is 531 g/mol. The van der Waals surface area contributed by atoms with E-state index in [0.29, 0.717) is 40.4 Å². The molecule has 0 aromatic heterocycles. The highest BCUT2D eigenvalue weighted by atomic mass is 16.7. The Morgan fingerprint density at radius 1 is 0.833 bits per heavy atom. The van der Waals surface area contributed by atoms with Crippen LogP contribution < -0.4 is 15.6 Å². The second-order valence-corrected chi connectivity index (χ2v) is 11.4. The zero-order chi connectivity index (χ0) is 29.6. The van der Waals surface area contributed by atoms with Crippen LogP contribution in [0, 0.1) is 0 Å². The molecule has 0 spiro atoms. The molecule has 3 aliphatic rings. The van der Waals surface area contributed by atoms with Gasteiger partial charge in [-0.25, -0.2) is 4.79 Å². The predicted octanol–water partition coefficient (Wildman–Crippen LogP) is 6.23. The maximum atomic E-state index is 12.6. The van der Waals surface area contributed by atoms with Crippen molar-refractivity contribution in [3.05, 3.63) is 106 Å². The Balaban J connectivity index is 1.31. The number of carbonyl (C=O) groups excluding carboxylic acids is 1. The maximum Gasteiger partial charge on any atom is 0.494 e. The summed E-state index contributed by atoms with van der Waals surface area (Å²) in [5, 5.41) is 0.775. The molecule has 0 unspecified atom stereocenters. The molecule has 7 nitrogen and oxygen atoms in total. The van der Waals surface area contributed by atoms with Crippen molar-refractivity contribution in [3.63, 3.8) is 0 Å². The van der Waals surface area contributed by atoms with E-state index in [1.807, 2.05) is 76.2 Å². The molecule has 0 atom stereocenters. The van der Waals surface area contributed by atoms with Gasteiger partial charge in [0.1, 0.15) is 23.7 Å². The number of ether oxygens (including phenoxy) is 2. The van der Waals surface area contributed by atoms with Gasteiger partial charge in [0.25, 0.3) is 0 Å². The van der Waals surface area contributed by atoms with E-state index in [2.05, 4.69) is 0 Å². The van der Waals surface area contributed by atoms with E-state index >= 15 is 0 Å². The van der Waals surface area contributed by atoms with Crippen LogP contribution in [0.25, 0.3) is 33.4 Å². The summed E-state index contributed by atoms with van der Waals surface area (Å²) in [7, 11) is 0.934. The van der Waals surface area contributed by atoms with Crippen LogP contribution in [0.4, 0.5) is 0 Å². The van der Waals surface area contributed by atoms with Crippen molar-refractivity contribution < 1.29 is 28.0 Å². The Morgan fingerprint density at radius 3 is 2.26 bits per heavy atom. The standard InChI is InChI=1S/C34H31BO7/c1-33(2)34(3,4)42-35(41-33)22-12-10-21(11-13-22)20-39-24-15-17-28-30(19-24)40-29-18-23(36)14-16-27(29)31(28)25-8-6-7-9-26(25)32(37)38-5/h6-19H,20H2,1-5H3. The van der Waals surface area contributed by atoms with Crippen molar-refractivity contribution >= 4 is 29.5 Å². The van der Waals surface area contributed by atoms with E-state index < -0.39 is 24.3 Å². The normalized spacial score (nSPS) is 15.7. The van der Waals surface area contributed by atoms with Crippen molar-refractivity contribution in [2.75, 3.05) is 7.11 Å². The first-order valence-corrected chi connectivity index (χ1v) is 13.8. The summed E-state index contributed by atoms with van der Waals surface area (Å²) < 4.78 is 29.7. The average Bonchev–Trinajstić information content (AvgIpc) is 3.20. The Labute approximate surface area is 244 Å². The lowest BCUT2D eigenvalue weighted by atomic mass is 9.79. The molecule has 0 radical (unpaired) electrons. The molecule has 1 saturated heterocycles. The van der Waals surface area contributed by atoms with Crippen LogP contribution in [0.15, 0.2) is 94.1 Å². The van der Waals surface area contributed by atoms with Crippen LogP contribution in [0.5, 0.6) is 5.75 Å². The molecule has 42 heavy (non-hydrogen) atoms. The molecule has 3 aromatic rings. The van der Waals surface area contributed by atoms with Crippen molar-refractivity contribution in [3.8, 4) is 28.2 Å². The third-order valence-corrected chi connectivity index (χ3v) is 8.18. The van der Waals surface area contributed by atoms with Crippen LogP contribution in [0.3, 0.4) is 0 Å². The van der Waals surface area contributed by atoms with E-state index in [9.17, 15) is 9.59 Å². The predicted molar refractivity (Wildman–Crippen MR) is 162 cm³/mol. The molecule has 1 fully saturated rings. The monoisotopic (exact) mass is 562 g/mol. The van der Waals surface area contributed by atoms with E-state index in [0.717, 1.165) is 22.0 Å². The molecular formula is C34H31BO7. The number of benzene rings is 4. The number of hydrogen-bond acceptors (Lipinski definition) is 7. The fourth-order valence-corrected chi connectivity index (χ4v) is 5.14. The first kappa shape index (κ1) is 27.8. The van der Waals surface area contributed by atoms with Crippen LogP contribution in [-0.4, -0.2) is 31.4 Å². The fraction of sp³-hybridized carbons (Fsp3) is 0.235. The zero-order valence-corrected chi connectivity index (χ0v) is 24.2. The number of methoxy groups -OCH3 is 1. The Morgan fingerprint density at radius 2 is 1.55 bits per heavy atom. The van der Waals surface area contributed by atoms with Crippen LogP contribution in [-0.2, 0) is 20.7 Å². The highest BCUT2D eigenvalue weighted by molar-refractivity contribution is 6.62. The van der Waals surface area contributed by atoms with Gasteiger partial charge in [0.15, 0.2) is 5.43 Å². The van der Waals surface area contributed by atoms with Crippen molar-refractivity contribution in [1.82, 2.24) is 0 Å². The van der Waals surface area contributed by atoms with Gasteiger partial charge in [-0.15, -0.1) is 0 Å². The molecule has 0 saturated carbocycles. The van der Waals surface area contributed by atoms with Crippen LogP contribution in [0.1, 0.15) is 43.6 Å². The molecule has 2 heterocycles. The maximum absolute atomic E-state index is 12.6. The van der Waals surface area contributed by atoms with E-state index in [1.54, 1.807) is 24.3 Å². The van der Waals surface area contributed by atoms with E-state index in [1.165, 1.54) is 19.2 Å². The van der Waals surface area contributed by atoms with Crippen molar-refractivity contribution in [1.29, 1.82) is 0 Å². The van der Waals surface area contributed by atoms with Gasteiger partial charge in [-0.3, -0.25) is 4.79 Å².